The molecule has 2 unspecified atom stereocenters. The molecule has 6 nitrogen and oxygen atoms in total. The molecule has 7 aromatic carbocycles. The first-order chi connectivity index (χ1) is 42.8. The van der Waals surface area contributed by atoms with E-state index in [0.717, 1.165) is 67.6 Å². The van der Waals surface area contributed by atoms with Crippen molar-refractivity contribution >= 4 is 72.4 Å². The zero-order chi connectivity index (χ0) is 68.5. The summed E-state index contributed by atoms with van der Waals surface area (Å²) in [4.78, 5) is 0. The predicted molar refractivity (Wildman–Crippen MR) is 402 cm³/mol. The largest absolute Gasteiger partial charge is 0.505 e. The van der Waals surface area contributed by atoms with Crippen LogP contribution in [-0.2, 0) is 57.7 Å². The molecule has 0 radical (unpaired) electrons. The smallest absolute Gasteiger partial charge is 0.218 e. The molecular weight excluding hydrogens is 1400 g/mol. The summed E-state index contributed by atoms with van der Waals surface area (Å²) in [6, 6.07) is 36.6. The van der Waals surface area contributed by atoms with Crippen molar-refractivity contribution in [2.45, 2.75) is 210 Å². The zero-order valence-electron chi connectivity index (χ0n) is 61.9. The van der Waals surface area contributed by atoms with Crippen molar-refractivity contribution in [3.63, 3.8) is 0 Å². The van der Waals surface area contributed by atoms with E-state index in [-0.39, 0.29) is 120 Å². The topological polar surface area (TPSA) is 68.8 Å². The molecule has 0 aliphatic heterocycles. The molecule has 10 rings (SSSR count). The van der Waals surface area contributed by atoms with Gasteiger partial charge in [0.1, 0.15) is 29.2 Å². The summed E-state index contributed by atoms with van der Waals surface area (Å²) in [7, 11) is 0. The monoisotopic (exact) mass is 1510 g/mol. The average Bonchev–Trinajstić information content (AvgIpc) is 1.45. The number of hydrogen-bond donors (Lipinski definition) is 2. The molecule has 2 aromatic heterocycles. The van der Waals surface area contributed by atoms with E-state index < -0.39 is 34.3 Å². The maximum absolute atomic E-state index is 16.3. The molecule has 0 spiro atoms. The first-order valence-electron chi connectivity index (χ1n) is 33.2. The van der Waals surface area contributed by atoms with Gasteiger partial charge in [-0.3, -0.25) is 0 Å². The number of allylic oxidation sites excluding steroid dienone is 2. The van der Waals surface area contributed by atoms with E-state index in [1.165, 1.54) is 46.5 Å². The Morgan fingerprint density at radius 1 is 0.500 bits per heavy atom. The second-order valence-corrected chi connectivity index (χ2v) is 35.4. The van der Waals surface area contributed by atoms with E-state index in [4.69, 9.17) is 32.7 Å². The van der Waals surface area contributed by atoms with Gasteiger partial charge in [0.2, 0.25) is 5.79 Å². The third-order valence-electron chi connectivity index (χ3n) is 18.9. The van der Waals surface area contributed by atoms with Gasteiger partial charge in [-0.2, -0.15) is 0 Å². The van der Waals surface area contributed by atoms with E-state index in [9.17, 15) is 10.2 Å². The Hall–Kier alpha value is -5.55. The van der Waals surface area contributed by atoms with Crippen LogP contribution in [0.3, 0.4) is 0 Å². The van der Waals surface area contributed by atoms with E-state index >= 15 is 8.78 Å². The number of aliphatic hydroxyl groups is 1. The fourth-order valence-electron chi connectivity index (χ4n) is 14.7. The van der Waals surface area contributed by atoms with Crippen LogP contribution >= 0.6 is 23.2 Å². The number of ether oxygens (including phenoxy) is 2. The molecule has 514 valence electrons. The molecule has 2 heterocycles. The van der Waals surface area contributed by atoms with Crippen molar-refractivity contribution in [2.24, 2.45) is 16.2 Å². The van der Waals surface area contributed by atoms with Gasteiger partial charge in [-0.15, -0.1) is 0 Å². The molecule has 9 aromatic rings. The number of aromatic nitrogens is 2. The molecule has 2 N–H and O–H groups in total. The van der Waals surface area contributed by atoms with Crippen LogP contribution in [0.1, 0.15) is 211 Å². The van der Waals surface area contributed by atoms with Gasteiger partial charge >= 0.3 is 0 Å². The third kappa shape index (κ3) is 15.7. The molecule has 2 atom stereocenters. The Labute approximate surface area is 602 Å². The molecular formula is C85H106Cl2F2HfN2O4-2. The van der Waals surface area contributed by atoms with Gasteiger partial charge in [0.05, 0.1) is 35.0 Å². The van der Waals surface area contributed by atoms with Crippen LogP contribution in [0.4, 0.5) is 8.78 Å². The van der Waals surface area contributed by atoms with Crippen LogP contribution in [0.15, 0.2) is 133 Å². The molecule has 0 fully saturated rings. The molecule has 1 aliphatic rings. The fourth-order valence-corrected chi connectivity index (χ4v) is 15.2. The number of benzene rings is 7. The summed E-state index contributed by atoms with van der Waals surface area (Å²) in [5.74, 6) is -3.16. The summed E-state index contributed by atoms with van der Waals surface area (Å²) in [6.45, 7) is 48.8. The Kier molecular flexibility index (Phi) is 22.0. The van der Waals surface area contributed by atoms with Crippen molar-refractivity contribution in [1.82, 2.24) is 9.13 Å². The first-order valence-corrected chi connectivity index (χ1v) is 34.0. The number of rotatable bonds is 14. The van der Waals surface area contributed by atoms with Gasteiger partial charge in [0.15, 0.2) is 0 Å². The maximum Gasteiger partial charge on any atom is 0.218 e. The number of aromatic hydroxyl groups is 1. The minimum absolute atomic E-state index is 0. The Bertz CT molecular complexity index is 4300. The van der Waals surface area contributed by atoms with Crippen LogP contribution in [0.2, 0.25) is 10.0 Å². The van der Waals surface area contributed by atoms with E-state index in [1.807, 2.05) is 12.1 Å². The van der Waals surface area contributed by atoms with E-state index in [0.29, 0.717) is 22.4 Å². The van der Waals surface area contributed by atoms with Crippen LogP contribution in [0.5, 0.6) is 11.5 Å². The summed E-state index contributed by atoms with van der Waals surface area (Å²) < 4.78 is 50.5. The number of phenols is 1. The number of phenolic OH excluding ortho intramolecular Hbond substituents is 1. The minimum Gasteiger partial charge on any atom is -0.505 e. The second-order valence-electron chi connectivity index (χ2n) is 34.6. The number of fused-ring (bicyclic) bond motifs is 6. The van der Waals surface area contributed by atoms with Gasteiger partial charge < -0.3 is 43.7 Å². The molecule has 0 saturated heterocycles. The van der Waals surface area contributed by atoms with E-state index in [2.05, 4.69) is 246 Å². The fraction of sp³-hybridized carbons (Fsp3) is 0.435. The molecule has 96 heavy (non-hydrogen) atoms. The Balaban J connectivity index is 0.00000433. The molecule has 11 heteroatoms. The van der Waals surface area contributed by atoms with E-state index in [1.54, 1.807) is 6.07 Å². The second kappa shape index (κ2) is 27.2. The SMILES string of the molecule is CC(C)(C)CC(C)(C)C1=CC(n2c3ccc(C(C)(C)C)cc3c3cc(C(C)(C)C)ccc32)C(O)(OCCCOc2c(Cl)cc(F)cc2-c2cc(C(C)(C)CC(C)(C)C)cc(-n3c4ccc(C(C)(C)C)cc4c4cc(C(C)(C)C)ccc43)c2O)C(c2cc(F)cc(Cl)c2)=C1.[CH3-].[CH3-].[Hf]. The quantitative estimate of drug-likeness (QED) is 0.0493. The van der Waals surface area contributed by atoms with Crippen LogP contribution in [-0.4, -0.2) is 38.3 Å². The van der Waals surface area contributed by atoms with Crippen LogP contribution in [0, 0.1) is 42.7 Å². The van der Waals surface area contributed by atoms with Crippen molar-refractivity contribution in [3.8, 4) is 28.3 Å². The zero-order valence-corrected chi connectivity index (χ0v) is 67.0. The summed E-state index contributed by atoms with van der Waals surface area (Å²) in [6.07, 6.45) is 5.93. The molecule has 1 aliphatic carbocycles. The molecule has 0 saturated carbocycles. The van der Waals surface area contributed by atoms with Crippen molar-refractivity contribution in [2.75, 3.05) is 13.2 Å². The minimum atomic E-state index is -2.14. The van der Waals surface area contributed by atoms with Crippen LogP contribution < -0.4 is 4.74 Å². The van der Waals surface area contributed by atoms with Crippen molar-refractivity contribution in [3.05, 3.63) is 203 Å². The maximum atomic E-state index is 16.3. The average molecular weight is 1510 g/mol. The Morgan fingerprint density at radius 2 is 0.938 bits per heavy atom. The summed E-state index contributed by atoms with van der Waals surface area (Å²) in [5.41, 5.74) is 10.6. The normalized spacial score (nSPS) is 16.2. The summed E-state index contributed by atoms with van der Waals surface area (Å²) in [5, 5.41) is 31.8. The molecule has 0 bridgehead atoms. The molecule has 0 amide bonds. The number of hydrogen-bond acceptors (Lipinski definition) is 4. The summed E-state index contributed by atoms with van der Waals surface area (Å²) >= 11 is 13.9. The van der Waals surface area contributed by atoms with Crippen LogP contribution in [0.25, 0.3) is 66.0 Å². The van der Waals surface area contributed by atoms with Gasteiger partial charge in [0, 0.05) is 86.6 Å². The first kappa shape index (κ1) is 77.8. The number of halogens is 4. The Morgan fingerprint density at radius 3 is 1.39 bits per heavy atom. The van der Waals surface area contributed by atoms with Crippen molar-refractivity contribution < 1.29 is 54.3 Å². The van der Waals surface area contributed by atoms with Gasteiger partial charge in [-0.25, -0.2) is 8.78 Å². The third-order valence-corrected chi connectivity index (χ3v) is 19.4. The predicted octanol–water partition coefficient (Wildman–Crippen LogP) is 24.9. The standard InChI is InChI=1S/C83H100Cl2F2N2O4.2CH3.Hf/c1-75(2,3)47-81(19,20)54-40-63(73(90)71(42-54)88-67-28-24-50(77(7,8)9)36-59(67)60-37-51(78(10,11)12)25-29-68(60)88)64-45-58(87)46-66(85)74(64)92-32-23-33-93-83(91)65(49-34-56(84)44-57(86)35-49)41-55(82(21,22)48-76(4,5)6)43-72(83)89-69-30-26-52(79(13,14)15)38-61(69)62-39-53(80(16,17)18)27-31-70(62)89;;;/h24-31,34-46,72,90-91H,23,32-33,47-48H2,1-22H3;2*1H3;/q;2*-1;. The van der Waals surface area contributed by atoms with Crippen molar-refractivity contribution in [1.29, 1.82) is 0 Å². The van der Waals surface area contributed by atoms with Gasteiger partial charge in [-0.05, 0) is 192 Å². The van der Waals surface area contributed by atoms with Gasteiger partial charge in [-0.1, -0.05) is 206 Å². The number of nitrogens with zero attached hydrogens (tertiary/aromatic N) is 2. The van der Waals surface area contributed by atoms with Gasteiger partial charge in [0.25, 0.3) is 0 Å².